The number of carbonyl (C=O) groups is 1. The summed E-state index contributed by atoms with van der Waals surface area (Å²) in [7, 11) is -1.48. The van der Waals surface area contributed by atoms with Crippen LogP contribution in [-0.4, -0.2) is 55.4 Å². The van der Waals surface area contributed by atoms with Gasteiger partial charge in [-0.3, -0.25) is 9.78 Å². The molecule has 1 amide bonds. The lowest BCUT2D eigenvalue weighted by atomic mass is 10.1. The van der Waals surface area contributed by atoms with Crippen molar-refractivity contribution in [1.29, 1.82) is 0 Å². The van der Waals surface area contributed by atoms with Crippen molar-refractivity contribution < 1.29 is 17.9 Å². The van der Waals surface area contributed by atoms with E-state index in [1.165, 1.54) is 0 Å². The first-order chi connectivity index (χ1) is 11.0. The summed E-state index contributed by atoms with van der Waals surface area (Å²) >= 11 is 0. The van der Waals surface area contributed by atoms with E-state index in [-0.39, 0.29) is 29.9 Å². The smallest absolute Gasteiger partial charge is 0.228 e. The summed E-state index contributed by atoms with van der Waals surface area (Å²) in [5.41, 5.74) is 0.678. The number of nitrogens with zero attached hydrogens (tertiary/aromatic N) is 2. The highest BCUT2D eigenvalue weighted by Gasteiger charge is 2.41. The molecule has 1 aliphatic heterocycles. The number of hydrogen-bond donors (Lipinski definition) is 0. The lowest BCUT2D eigenvalue weighted by Gasteiger charge is -2.29. The van der Waals surface area contributed by atoms with Gasteiger partial charge in [-0.15, -0.1) is 0 Å². The van der Waals surface area contributed by atoms with E-state index in [2.05, 4.69) is 4.98 Å². The summed E-state index contributed by atoms with van der Waals surface area (Å²) in [6, 6.07) is 3.39. The van der Waals surface area contributed by atoms with Gasteiger partial charge in [-0.2, -0.15) is 0 Å². The van der Waals surface area contributed by atoms with Crippen LogP contribution in [0.4, 0.5) is 0 Å². The number of pyridine rings is 1. The first-order valence-electron chi connectivity index (χ1n) is 7.97. The van der Waals surface area contributed by atoms with Crippen molar-refractivity contribution in [1.82, 2.24) is 9.88 Å². The number of hydrogen-bond acceptors (Lipinski definition) is 5. The van der Waals surface area contributed by atoms with Crippen LogP contribution in [0.2, 0.25) is 0 Å². The molecule has 2 fully saturated rings. The molecule has 0 bridgehead atoms. The molecule has 7 heteroatoms. The Bertz CT molecular complexity index is 668. The third-order valence-electron chi connectivity index (χ3n) is 4.53. The molecule has 0 N–H and O–H groups in total. The van der Waals surface area contributed by atoms with Crippen molar-refractivity contribution in [3.05, 3.63) is 24.0 Å². The van der Waals surface area contributed by atoms with Crippen molar-refractivity contribution in [2.45, 2.75) is 31.7 Å². The fourth-order valence-corrected chi connectivity index (χ4v) is 4.84. The number of rotatable bonds is 4. The highest BCUT2D eigenvalue weighted by molar-refractivity contribution is 7.91. The van der Waals surface area contributed by atoms with Crippen LogP contribution < -0.4 is 4.74 Å². The van der Waals surface area contributed by atoms with Crippen LogP contribution in [0.15, 0.2) is 18.3 Å². The van der Waals surface area contributed by atoms with E-state index < -0.39 is 9.84 Å². The molecule has 2 aliphatic rings. The van der Waals surface area contributed by atoms with Gasteiger partial charge in [0.15, 0.2) is 9.84 Å². The van der Waals surface area contributed by atoms with Gasteiger partial charge in [0, 0.05) is 18.3 Å². The molecule has 1 saturated heterocycles. The van der Waals surface area contributed by atoms with Gasteiger partial charge in [0.05, 0.1) is 31.2 Å². The van der Waals surface area contributed by atoms with Crippen LogP contribution in [-0.2, 0) is 21.1 Å². The van der Waals surface area contributed by atoms with E-state index in [1.807, 2.05) is 0 Å². The predicted octanol–water partition coefficient (Wildman–Crippen LogP) is 1.06. The van der Waals surface area contributed by atoms with E-state index in [0.717, 1.165) is 12.8 Å². The average Bonchev–Trinajstić information content (AvgIpc) is 3.35. The molecular weight excluding hydrogens is 316 g/mol. The average molecular weight is 338 g/mol. The summed E-state index contributed by atoms with van der Waals surface area (Å²) in [4.78, 5) is 18.7. The van der Waals surface area contributed by atoms with Crippen LogP contribution in [0, 0.1) is 5.92 Å². The minimum absolute atomic E-state index is 0.0309. The number of carbonyl (C=O) groups excluding carboxylic acids is 1. The molecule has 126 valence electrons. The zero-order valence-corrected chi connectivity index (χ0v) is 14.1. The molecule has 0 radical (unpaired) electrons. The van der Waals surface area contributed by atoms with Crippen molar-refractivity contribution >= 4 is 15.7 Å². The van der Waals surface area contributed by atoms with Crippen molar-refractivity contribution in [3.8, 4) is 5.75 Å². The second-order valence-corrected chi connectivity index (χ2v) is 8.55. The van der Waals surface area contributed by atoms with Crippen LogP contribution in [0.3, 0.4) is 0 Å². The van der Waals surface area contributed by atoms with Gasteiger partial charge in [0.2, 0.25) is 5.91 Å². The molecule has 6 nitrogen and oxygen atoms in total. The van der Waals surface area contributed by atoms with Crippen molar-refractivity contribution in [2.75, 3.05) is 25.2 Å². The Morgan fingerprint density at radius 3 is 2.78 bits per heavy atom. The second-order valence-electron chi connectivity index (χ2n) is 6.33. The van der Waals surface area contributed by atoms with Gasteiger partial charge in [-0.05, 0) is 37.3 Å². The van der Waals surface area contributed by atoms with Crippen LogP contribution in [0.1, 0.15) is 25.0 Å². The number of ether oxygens (including phenoxy) is 1. The topological polar surface area (TPSA) is 76.6 Å². The van der Waals surface area contributed by atoms with E-state index >= 15 is 0 Å². The maximum Gasteiger partial charge on any atom is 0.228 e. The quantitative estimate of drug-likeness (QED) is 0.820. The monoisotopic (exact) mass is 338 g/mol. The number of aromatic nitrogens is 1. The zero-order chi connectivity index (χ0) is 16.4. The Kier molecular flexibility index (Phi) is 4.57. The highest BCUT2D eigenvalue weighted by atomic mass is 32.2. The molecule has 0 spiro atoms. The van der Waals surface area contributed by atoms with Crippen LogP contribution in [0.25, 0.3) is 0 Å². The van der Waals surface area contributed by atoms with Gasteiger partial charge in [0.25, 0.3) is 0 Å². The van der Waals surface area contributed by atoms with E-state index in [0.29, 0.717) is 30.3 Å². The minimum Gasteiger partial charge on any atom is -0.495 e. The van der Waals surface area contributed by atoms with E-state index in [1.54, 1.807) is 30.3 Å². The zero-order valence-electron chi connectivity index (χ0n) is 13.3. The Balaban J connectivity index is 1.73. The highest BCUT2D eigenvalue weighted by Crippen LogP contribution is 2.37. The second kappa shape index (κ2) is 6.47. The Morgan fingerprint density at radius 1 is 1.39 bits per heavy atom. The Morgan fingerprint density at radius 2 is 2.17 bits per heavy atom. The molecule has 1 aromatic heterocycles. The van der Waals surface area contributed by atoms with Gasteiger partial charge < -0.3 is 9.64 Å². The Hall–Kier alpha value is -1.63. The summed E-state index contributed by atoms with van der Waals surface area (Å²) in [6.45, 7) is 0.523. The molecule has 1 aromatic rings. The van der Waals surface area contributed by atoms with E-state index in [9.17, 15) is 13.2 Å². The fourth-order valence-electron chi connectivity index (χ4n) is 3.13. The lowest BCUT2D eigenvalue weighted by Crippen LogP contribution is -2.45. The van der Waals surface area contributed by atoms with Crippen LogP contribution >= 0.6 is 0 Å². The normalized spacial score (nSPS) is 24.0. The third kappa shape index (κ3) is 4.02. The summed E-state index contributed by atoms with van der Waals surface area (Å²) in [6.07, 6.45) is 4.35. The van der Waals surface area contributed by atoms with Crippen molar-refractivity contribution in [3.63, 3.8) is 0 Å². The molecule has 1 saturated carbocycles. The minimum atomic E-state index is -3.05. The molecule has 3 rings (SSSR count). The number of sulfone groups is 1. The molecule has 1 aliphatic carbocycles. The summed E-state index contributed by atoms with van der Waals surface area (Å²) < 4.78 is 29.2. The Labute approximate surface area is 136 Å². The third-order valence-corrected chi connectivity index (χ3v) is 6.29. The van der Waals surface area contributed by atoms with Crippen molar-refractivity contribution in [2.24, 2.45) is 5.92 Å². The molecule has 1 unspecified atom stereocenters. The summed E-state index contributed by atoms with van der Waals surface area (Å²) in [5, 5.41) is 0. The fraction of sp³-hybridized carbons (Fsp3) is 0.625. The van der Waals surface area contributed by atoms with Gasteiger partial charge >= 0.3 is 0 Å². The van der Waals surface area contributed by atoms with E-state index in [4.69, 9.17) is 4.74 Å². The maximum atomic E-state index is 12.7. The molecule has 23 heavy (non-hydrogen) atoms. The number of amides is 1. The molecule has 0 aromatic carbocycles. The molecule has 1 atom stereocenters. The molecule has 2 heterocycles. The van der Waals surface area contributed by atoms with Gasteiger partial charge in [-0.1, -0.05) is 0 Å². The SMILES string of the molecule is COc1ccc(CC(=O)N2CCCS(=O)(=O)CC2C2CC2)nc1. The standard InChI is InChI=1S/C16H22N2O4S/c1-22-14-6-5-13(17-10-14)9-16(19)18-7-2-8-23(20,21)11-15(18)12-3-4-12/h5-6,10,12,15H,2-4,7-9,11H2,1H3. The predicted molar refractivity (Wildman–Crippen MR) is 86.0 cm³/mol. The summed E-state index contributed by atoms with van der Waals surface area (Å²) in [5.74, 6) is 1.26. The van der Waals surface area contributed by atoms with Crippen LogP contribution in [0.5, 0.6) is 5.75 Å². The van der Waals surface area contributed by atoms with Gasteiger partial charge in [0.1, 0.15) is 5.75 Å². The van der Waals surface area contributed by atoms with Gasteiger partial charge in [-0.25, -0.2) is 8.42 Å². The number of methoxy groups -OCH3 is 1. The largest absolute Gasteiger partial charge is 0.495 e. The lowest BCUT2D eigenvalue weighted by molar-refractivity contribution is -0.132. The molecular formula is C16H22N2O4S. The first kappa shape index (κ1) is 16.2. The maximum absolute atomic E-state index is 12.7. The first-order valence-corrected chi connectivity index (χ1v) is 9.79.